The first kappa shape index (κ1) is 13.9. The monoisotopic (exact) mass is 320 g/mol. The van der Waals surface area contributed by atoms with E-state index in [9.17, 15) is 0 Å². The molecule has 2 aromatic rings. The van der Waals surface area contributed by atoms with Crippen molar-refractivity contribution < 1.29 is 4.74 Å². The first-order valence-corrected chi connectivity index (χ1v) is 7.06. The zero-order chi connectivity index (χ0) is 13.7. The number of aromatic nitrogens is 1. The number of hydrogen-bond donors (Lipinski definition) is 1. The Hall–Kier alpha value is -1.55. The van der Waals surface area contributed by atoms with Gasteiger partial charge in [-0.1, -0.05) is 28.1 Å². The van der Waals surface area contributed by atoms with Crippen LogP contribution in [0.25, 0.3) is 0 Å². The Kier molecular flexibility index (Phi) is 4.80. The molecule has 1 N–H and O–H groups in total. The third kappa shape index (κ3) is 3.70. The molecule has 0 unspecified atom stereocenters. The average molecular weight is 321 g/mol. The van der Waals surface area contributed by atoms with Crippen molar-refractivity contribution in [1.29, 1.82) is 0 Å². The predicted octanol–water partition coefficient (Wildman–Crippen LogP) is 4.16. The van der Waals surface area contributed by atoms with Gasteiger partial charge in [0.2, 0.25) is 5.88 Å². The van der Waals surface area contributed by atoms with E-state index >= 15 is 0 Å². The fraction of sp³-hybridized carbons (Fsp3) is 0.267. The van der Waals surface area contributed by atoms with E-state index < -0.39 is 0 Å². The Morgan fingerprint density at radius 1 is 1.32 bits per heavy atom. The van der Waals surface area contributed by atoms with E-state index in [-0.39, 0.29) is 0 Å². The molecule has 0 aliphatic rings. The van der Waals surface area contributed by atoms with Crippen LogP contribution in [0.1, 0.15) is 18.1 Å². The molecule has 0 saturated heterocycles. The molecule has 0 saturated carbocycles. The summed E-state index contributed by atoms with van der Waals surface area (Å²) in [7, 11) is 0. The SMILES string of the molecule is CCOc1ncccc1NCc1ccc(C)cc1Br. The van der Waals surface area contributed by atoms with E-state index in [2.05, 4.69) is 51.4 Å². The lowest BCUT2D eigenvalue weighted by Crippen LogP contribution is -2.04. The van der Waals surface area contributed by atoms with Crippen molar-refractivity contribution in [3.8, 4) is 5.88 Å². The maximum Gasteiger partial charge on any atom is 0.237 e. The maximum absolute atomic E-state index is 5.49. The molecule has 0 bridgehead atoms. The van der Waals surface area contributed by atoms with Crippen molar-refractivity contribution in [3.63, 3.8) is 0 Å². The molecule has 19 heavy (non-hydrogen) atoms. The predicted molar refractivity (Wildman–Crippen MR) is 81.6 cm³/mol. The second kappa shape index (κ2) is 6.57. The minimum Gasteiger partial charge on any atom is -0.476 e. The standard InChI is InChI=1S/C15H17BrN2O/c1-3-19-15-14(5-4-8-17-15)18-10-12-7-6-11(2)9-13(12)16/h4-9,18H,3,10H2,1-2H3. The Balaban J connectivity index is 2.10. The Bertz CT molecular complexity index is 558. The van der Waals surface area contributed by atoms with Gasteiger partial charge in [-0.15, -0.1) is 0 Å². The molecule has 0 fully saturated rings. The molecule has 1 aromatic carbocycles. The number of pyridine rings is 1. The van der Waals surface area contributed by atoms with Crippen molar-refractivity contribution in [1.82, 2.24) is 4.98 Å². The van der Waals surface area contributed by atoms with Gasteiger partial charge in [0.25, 0.3) is 0 Å². The summed E-state index contributed by atoms with van der Waals surface area (Å²) >= 11 is 3.58. The molecule has 0 aliphatic carbocycles. The molecule has 1 aromatic heterocycles. The summed E-state index contributed by atoms with van der Waals surface area (Å²) in [6, 6.07) is 10.2. The van der Waals surface area contributed by atoms with Gasteiger partial charge in [-0.25, -0.2) is 4.98 Å². The number of nitrogens with zero attached hydrogens (tertiary/aromatic N) is 1. The van der Waals surface area contributed by atoms with Crippen LogP contribution in [0.15, 0.2) is 41.0 Å². The van der Waals surface area contributed by atoms with E-state index in [0.717, 1.165) is 16.7 Å². The van der Waals surface area contributed by atoms with Gasteiger partial charge in [-0.3, -0.25) is 0 Å². The van der Waals surface area contributed by atoms with Crippen molar-refractivity contribution in [2.45, 2.75) is 20.4 Å². The van der Waals surface area contributed by atoms with Crippen molar-refractivity contribution in [3.05, 3.63) is 52.1 Å². The van der Waals surface area contributed by atoms with Gasteiger partial charge in [-0.05, 0) is 43.2 Å². The van der Waals surface area contributed by atoms with E-state index in [1.807, 2.05) is 19.1 Å². The summed E-state index contributed by atoms with van der Waals surface area (Å²) in [5, 5.41) is 3.36. The number of halogens is 1. The first-order valence-electron chi connectivity index (χ1n) is 6.27. The van der Waals surface area contributed by atoms with E-state index in [1.165, 1.54) is 11.1 Å². The van der Waals surface area contributed by atoms with Gasteiger partial charge in [0.15, 0.2) is 0 Å². The first-order chi connectivity index (χ1) is 9.20. The largest absolute Gasteiger partial charge is 0.476 e. The molecule has 0 spiro atoms. The summed E-state index contributed by atoms with van der Waals surface area (Å²) in [5.41, 5.74) is 3.36. The van der Waals surface area contributed by atoms with Crippen LogP contribution in [0.3, 0.4) is 0 Å². The smallest absolute Gasteiger partial charge is 0.237 e. The number of anilines is 1. The van der Waals surface area contributed by atoms with Gasteiger partial charge in [0, 0.05) is 17.2 Å². The van der Waals surface area contributed by atoms with Crippen LogP contribution in [0.5, 0.6) is 5.88 Å². The van der Waals surface area contributed by atoms with Gasteiger partial charge >= 0.3 is 0 Å². The highest BCUT2D eigenvalue weighted by Crippen LogP contribution is 2.23. The highest BCUT2D eigenvalue weighted by molar-refractivity contribution is 9.10. The summed E-state index contributed by atoms with van der Waals surface area (Å²) in [5.74, 6) is 0.647. The van der Waals surface area contributed by atoms with E-state index in [1.54, 1.807) is 6.20 Å². The second-order valence-corrected chi connectivity index (χ2v) is 5.09. The fourth-order valence-electron chi connectivity index (χ4n) is 1.76. The molecule has 0 aliphatic heterocycles. The van der Waals surface area contributed by atoms with Crippen LogP contribution in [-0.4, -0.2) is 11.6 Å². The maximum atomic E-state index is 5.49. The molecule has 0 amide bonds. The van der Waals surface area contributed by atoms with Gasteiger partial charge in [-0.2, -0.15) is 0 Å². The summed E-state index contributed by atoms with van der Waals surface area (Å²) < 4.78 is 6.60. The van der Waals surface area contributed by atoms with Crippen LogP contribution in [0, 0.1) is 6.92 Å². The third-order valence-corrected chi connectivity index (χ3v) is 3.47. The lowest BCUT2D eigenvalue weighted by Gasteiger charge is -2.12. The van der Waals surface area contributed by atoms with E-state index in [4.69, 9.17) is 4.74 Å². The van der Waals surface area contributed by atoms with Crippen LogP contribution >= 0.6 is 15.9 Å². The lowest BCUT2D eigenvalue weighted by atomic mass is 10.1. The fourth-order valence-corrected chi connectivity index (χ4v) is 2.40. The zero-order valence-electron chi connectivity index (χ0n) is 11.1. The zero-order valence-corrected chi connectivity index (χ0v) is 12.7. The van der Waals surface area contributed by atoms with Crippen LogP contribution < -0.4 is 10.1 Å². The normalized spacial score (nSPS) is 10.3. The molecular formula is C15H17BrN2O. The summed E-state index contributed by atoms with van der Waals surface area (Å²) in [6.07, 6.45) is 1.73. The minimum atomic E-state index is 0.611. The minimum absolute atomic E-state index is 0.611. The van der Waals surface area contributed by atoms with Crippen molar-refractivity contribution in [2.75, 3.05) is 11.9 Å². The molecule has 3 nitrogen and oxygen atoms in total. The van der Waals surface area contributed by atoms with Crippen molar-refractivity contribution >= 4 is 21.6 Å². The molecule has 4 heteroatoms. The summed E-state index contributed by atoms with van der Waals surface area (Å²) in [6.45, 7) is 5.37. The average Bonchev–Trinajstić information content (AvgIpc) is 2.40. The van der Waals surface area contributed by atoms with Crippen LogP contribution in [0.4, 0.5) is 5.69 Å². The number of benzene rings is 1. The Morgan fingerprint density at radius 3 is 2.89 bits per heavy atom. The highest BCUT2D eigenvalue weighted by Gasteiger charge is 2.05. The Morgan fingerprint density at radius 2 is 2.16 bits per heavy atom. The summed E-state index contributed by atoms with van der Waals surface area (Å²) in [4.78, 5) is 4.22. The molecule has 0 atom stereocenters. The van der Waals surface area contributed by atoms with Crippen molar-refractivity contribution in [2.24, 2.45) is 0 Å². The quantitative estimate of drug-likeness (QED) is 0.898. The van der Waals surface area contributed by atoms with Gasteiger partial charge in [0.1, 0.15) is 0 Å². The van der Waals surface area contributed by atoms with Crippen LogP contribution in [-0.2, 0) is 6.54 Å². The molecular weight excluding hydrogens is 304 g/mol. The molecule has 100 valence electrons. The molecule has 2 rings (SSSR count). The number of rotatable bonds is 5. The number of ether oxygens (including phenoxy) is 1. The second-order valence-electron chi connectivity index (χ2n) is 4.24. The lowest BCUT2D eigenvalue weighted by molar-refractivity contribution is 0.328. The van der Waals surface area contributed by atoms with E-state index in [0.29, 0.717) is 12.5 Å². The highest BCUT2D eigenvalue weighted by atomic mass is 79.9. The van der Waals surface area contributed by atoms with Crippen LogP contribution in [0.2, 0.25) is 0 Å². The number of aryl methyl sites for hydroxylation is 1. The topological polar surface area (TPSA) is 34.1 Å². The third-order valence-electron chi connectivity index (χ3n) is 2.73. The van der Waals surface area contributed by atoms with Gasteiger partial charge < -0.3 is 10.1 Å². The number of hydrogen-bond acceptors (Lipinski definition) is 3. The number of nitrogens with one attached hydrogen (secondary N) is 1. The molecule has 1 heterocycles. The Labute approximate surface area is 122 Å². The van der Waals surface area contributed by atoms with Gasteiger partial charge in [0.05, 0.1) is 12.3 Å². The molecule has 0 radical (unpaired) electrons.